The van der Waals surface area contributed by atoms with Gasteiger partial charge in [-0.2, -0.15) is 0 Å². The number of fused-ring (bicyclic) bond motifs is 2. The fourth-order valence-electron chi connectivity index (χ4n) is 9.68. The van der Waals surface area contributed by atoms with Crippen molar-refractivity contribution >= 4 is 102 Å². The summed E-state index contributed by atoms with van der Waals surface area (Å²) in [6.45, 7) is 10.1. The molecule has 8 rings (SSSR count). The first-order chi connectivity index (χ1) is 41.8. The summed E-state index contributed by atoms with van der Waals surface area (Å²) in [6.07, 6.45) is 4.91. The van der Waals surface area contributed by atoms with Crippen LogP contribution < -0.4 is 47.1 Å². The van der Waals surface area contributed by atoms with E-state index in [-0.39, 0.29) is 63.1 Å². The van der Waals surface area contributed by atoms with Gasteiger partial charge < -0.3 is 61.1 Å². The molecule has 6 aromatic rings. The number of nitrogens with one attached hydrogen (secondary N) is 5. The van der Waals surface area contributed by atoms with E-state index >= 15 is 4.39 Å². The lowest BCUT2D eigenvalue weighted by Crippen LogP contribution is -2.54. The molecule has 0 bridgehead atoms. The Labute approximate surface area is 510 Å². The lowest BCUT2D eigenvalue weighted by Gasteiger charge is -2.31. The van der Waals surface area contributed by atoms with Crippen molar-refractivity contribution in [2.75, 3.05) is 75.1 Å². The maximum absolute atomic E-state index is 15.4. The van der Waals surface area contributed by atoms with Gasteiger partial charge in [0, 0.05) is 64.5 Å². The highest BCUT2D eigenvalue weighted by Crippen LogP contribution is 2.39. The number of primary amides is 1. The first-order valence-corrected chi connectivity index (χ1v) is 30.3. The van der Waals surface area contributed by atoms with Gasteiger partial charge in [0.1, 0.15) is 30.9 Å². The number of nitrogens with zero attached hydrogens (tertiary/aromatic N) is 7. The van der Waals surface area contributed by atoms with Crippen molar-refractivity contribution in [3.05, 3.63) is 118 Å². The fourth-order valence-corrected chi connectivity index (χ4v) is 11.7. The minimum Gasteiger partial charge on any atom is -0.543 e. The number of anilines is 5. The molecule has 7 amide bonds. The van der Waals surface area contributed by atoms with Gasteiger partial charge >= 0.3 is 6.03 Å². The Morgan fingerprint density at radius 1 is 0.931 bits per heavy atom. The molecule has 26 heteroatoms. The van der Waals surface area contributed by atoms with E-state index in [1.165, 1.54) is 47.0 Å². The largest absolute Gasteiger partial charge is 0.543 e. The van der Waals surface area contributed by atoms with E-state index in [1.54, 1.807) is 32.0 Å². The van der Waals surface area contributed by atoms with Crippen LogP contribution in [0.15, 0.2) is 78.9 Å². The number of nitrogens with two attached hydrogens (primary N) is 1. The summed E-state index contributed by atoms with van der Waals surface area (Å²) in [5, 5.41) is 36.7. The third-order valence-electron chi connectivity index (χ3n) is 14.7. The molecule has 23 nitrogen and oxygen atoms in total. The van der Waals surface area contributed by atoms with E-state index in [9.17, 15) is 38.7 Å². The van der Waals surface area contributed by atoms with Gasteiger partial charge in [-0.1, -0.05) is 55.4 Å². The van der Waals surface area contributed by atoms with Crippen molar-refractivity contribution in [2.24, 2.45) is 11.7 Å². The highest BCUT2D eigenvalue weighted by atomic mass is 32.1. The van der Waals surface area contributed by atoms with Gasteiger partial charge in [-0.25, -0.2) is 19.2 Å². The number of amides is 7. The third-order valence-corrected chi connectivity index (χ3v) is 16.8. The van der Waals surface area contributed by atoms with Crippen LogP contribution in [0.3, 0.4) is 0 Å². The number of carboxylic acids is 1. The Balaban J connectivity index is 0.800. The summed E-state index contributed by atoms with van der Waals surface area (Å²) in [7, 11) is 2.05. The Kier molecular flexibility index (Phi) is 22.1. The van der Waals surface area contributed by atoms with Gasteiger partial charge in [0.25, 0.3) is 11.8 Å². The summed E-state index contributed by atoms with van der Waals surface area (Å²) >= 11 is 2.78. The Hall–Kier alpha value is -8.90. The van der Waals surface area contributed by atoms with Crippen LogP contribution in [0.25, 0.3) is 10.2 Å². The minimum atomic E-state index is -1.39. The van der Waals surface area contributed by atoms with E-state index in [1.807, 2.05) is 55.1 Å². The van der Waals surface area contributed by atoms with Crippen molar-refractivity contribution in [1.82, 2.24) is 41.0 Å². The second-order valence-electron chi connectivity index (χ2n) is 21.5. The molecule has 0 saturated heterocycles. The number of para-hydroxylation sites is 1. The Bertz CT molecular complexity index is 3550. The standard InChI is InChI=1S/C61H70FN13O10S2/c1-6-75(5,36-40-19-22-41(23-20-40)65-56(79)45(16-9-28-64-59(63)83)66-57(80)52(37(2)3)68-49(76)27-33-84-34-30-73-50(77)25-26-51(73)78)31-11-13-39-21-24-46(43(62)35-39)85-32-12-18-48-53(58(81)82)69-61(87-48)74-29-10-14-42-38(4)54(71-72-55(42)74)70-60-67-44-15-7-8-17-47(44)86-60/h7-8,15,17,19-26,35,37,45,52H,6,9-10,12,14,16,18,27-34,36H2,1-5H3,(H7-,63,64,65,66,67,68,70,71,76,79,80,81,82,83)/t45-,52-,75?/m0/s1. The molecule has 1 unspecified atom stereocenters. The van der Waals surface area contributed by atoms with Crippen LogP contribution in [-0.4, -0.2) is 143 Å². The van der Waals surface area contributed by atoms with Crippen LogP contribution in [0, 0.1) is 30.5 Å². The van der Waals surface area contributed by atoms with E-state index in [0.717, 1.165) is 51.2 Å². The van der Waals surface area contributed by atoms with E-state index in [0.29, 0.717) is 81.4 Å². The highest BCUT2D eigenvalue weighted by Gasteiger charge is 2.31. The van der Waals surface area contributed by atoms with Crippen molar-refractivity contribution in [3.8, 4) is 17.6 Å². The average molecular weight is 1230 g/mol. The van der Waals surface area contributed by atoms with E-state index < -0.39 is 59.4 Å². The number of carbonyl (C=O) groups excluding carboxylic acids is 7. The van der Waals surface area contributed by atoms with Crippen molar-refractivity contribution in [1.29, 1.82) is 0 Å². The van der Waals surface area contributed by atoms with Crippen molar-refractivity contribution in [3.63, 3.8) is 0 Å². The summed E-state index contributed by atoms with van der Waals surface area (Å²) < 4.78 is 28.3. The molecule has 458 valence electrons. The number of benzene rings is 3. The zero-order valence-electron chi connectivity index (χ0n) is 49.0. The number of thiazole rings is 2. The molecule has 0 saturated carbocycles. The number of hydrogen-bond donors (Lipinski definition) is 6. The molecule has 7 N–H and O–H groups in total. The van der Waals surface area contributed by atoms with Gasteiger partial charge in [-0.3, -0.25) is 28.9 Å². The highest BCUT2D eigenvalue weighted by molar-refractivity contribution is 7.22. The first-order valence-electron chi connectivity index (χ1n) is 28.6. The first kappa shape index (κ1) is 64.1. The topological polar surface area (TPSA) is 305 Å². The molecule has 87 heavy (non-hydrogen) atoms. The van der Waals surface area contributed by atoms with Gasteiger partial charge in [-0.05, 0) is 107 Å². The fraction of sp³-hybridized carbons (Fsp3) is 0.393. The number of quaternary nitrogens is 1. The molecule has 3 aromatic heterocycles. The number of hydrogen-bond acceptors (Lipinski definition) is 18. The lowest BCUT2D eigenvalue weighted by molar-refractivity contribution is -0.914. The number of aryl methyl sites for hydroxylation is 1. The molecule has 0 aliphatic carbocycles. The monoisotopic (exact) mass is 1230 g/mol. The molecule has 2 aliphatic heterocycles. The molecule has 0 fully saturated rings. The molecule has 3 aromatic carbocycles. The van der Waals surface area contributed by atoms with Gasteiger partial charge in [0.05, 0.1) is 56.1 Å². The quantitative estimate of drug-likeness (QED) is 0.0145. The number of aromatic carboxylic acids is 1. The Morgan fingerprint density at radius 3 is 2.41 bits per heavy atom. The summed E-state index contributed by atoms with van der Waals surface area (Å²) in [5.74, 6) is 2.74. The number of halogens is 1. The van der Waals surface area contributed by atoms with Gasteiger partial charge in [0.15, 0.2) is 33.5 Å². The van der Waals surface area contributed by atoms with Crippen LogP contribution in [0.4, 0.5) is 36.8 Å². The van der Waals surface area contributed by atoms with Gasteiger partial charge in [0.2, 0.25) is 17.7 Å². The predicted molar refractivity (Wildman–Crippen MR) is 326 cm³/mol. The number of rotatable bonds is 29. The van der Waals surface area contributed by atoms with Crippen molar-refractivity contribution < 1.29 is 57.0 Å². The SMILES string of the molecule is CC[N+](C)(CC#Cc1ccc(OCCCc2sc(N3CCCc4c3nnc(Nc3nc5ccccc5s3)c4C)nc2C(=O)[O-])c(F)c1)Cc1ccc(NC(=O)[C@H](CCCNC(N)=O)NC(=O)[C@@H](NC(=O)CCOCCN2C(=O)C=CC2=O)C(C)C)cc1. The number of imide groups is 1. The molecule has 5 heterocycles. The van der Waals surface area contributed by atoms with Crippen LogP contribution in [0.2, 0.25) is 0 Å². The summed E-state index contributed by atoms with van der Waals surface area (Å²) in [4.78, 5) is 100. The van der Waals surface area contributed by atoms with Crippen molar-refractivity contribution in [2.45, 2.75) is 91.3 Å². The molecule has 2 aliphatic rings. The maximum Gasteiger partial charge on any atom is 0.312 e. The maximum atomic E-state index is 15.4. The number of carboxylic acid groups (broad SMARTS) is 1. The number of aromatic nitrogens is 4. The number of ether oxygens (including phenoxy) is 2. The smallest absolute Gasteiger partial charge is 0.312 e. The summed E-state index contributed by atoms with van der Waals surface area (Å²) in [6, 6.07) is 16.9. The lowest BCUT2D eigenvalue weighted by atomic mass is 10.0. The molecule has 0 radical (unpaired) electrons. The van der Waals surface area contributed by atoms with E-state index in [4.69, 9.17) is 15.2 Å². The van der Waals surface area contributed by atoms with Crippen LogP contribution in [0.1, 0.15) is 90.5 Å². The number of urea groups is 1. The molecule has 3 atom stereocenters. The molecular formula is C61H70FN13O10S2. The van der Waals surface area contributed by atoms with Crippen LogP contribution >= 0.6 is 22.7 Å². The Morgan fingerprint density at radius 2 is 1.70 bits per heavy atom. The molecular weight excluding hydrogens is 1160 g/mol. The minimum absolute atomic E-state index is 0.0250. The molecule has 0 spiro atoms. The van der Waals surface area contributed by atoms with Crippen LogP contribution in [0.5, 0.6) is 5.75 Å². The van der Waals surface area contributed by atoms with E-state index in [2.05, 4.69) is 65.6 Å². The second kappa shape index (κ2) is 29.9. The summed E-state index contributed by atoms with van der Waals surface area (Å²) in [5.41, 5.74) is 9.78. The van der Waals surface area contributed by atoms with Gasteiger partial charge in [-0.15, -0.1) is 21.5 Å². The number of carbonyl (C=O) groups is 7. The predicted octanol–water partition coefficient (Wildman–Crippen LogP) is 5.56. The second-order valence-corrected chi connectivity index (χ2v) is 23.6. The van der Waals surface area contributed by atoms with Crippen LogP contribution in [-0.2, 0) is 48.1 Å². The third kappa shape index (κ3) is 17.4. The zero-order chi connectivity index (χ0) is 62.2. The normalized spacial score (nSPS) is 14.2. The zero-order valence-corrected chi connectivity index (χ0v) is 50.7. The average Bonchev–Trinajstić information content (AvgIpc) is 2.16.